The second-order valence-electron chi connectivity index (χ2n) is 13.3. The second kappa shape index (κ2) is 11.0. The predicted octanol–water partition coefficient (Wildman–Crippen LogP) is 5.36. The van der Waals surface area contributed by atoms with Crippen LogP contribution >= 0.6 is 0 Å². The minimum Gasteiger partial charge on any atom is -0.475 e. The highest BCUT2D eigenvalue weighted by molar-refractivity contribution is 7.92. The number of carbonyl (C=O) groups is 1. The number of hydrogen-bond donors (Lipinski definition) is 2. The number of anilines is 1. The lowest BCUT2D eigenvalue weighted by Crippen LogP contribution is -2.52. The van der Waals surface area contributed by atoms with Crippen LogP contribution in [-0.4, -0.2) is 59.1 Å². The first-order chi connectivity index (χ1) is 19.6. The van der Waals surface area contributed by atoms with Crippen LogP contribution in [0.15, 0.2) is 53.4 Å². The van der Waals surface area contributed by atoms with Gasteiger partial charge in [-0.25, -0.2) is 18.1 Å². The van der Waals surface area contributed by atoms with Crippen molar-refractivity contribution in [1.29, 1.82) is 0 Å². The number of ether oxygens (including phenoxy) is 1. The third-order valence-corrected chi connectivity index (χ3v) is 9.27. The number of aliphatic hydroxyl groups is 1. The molecule has 0 spiro atoms. The van der Waals surface area contributed by atoms with E-state index in [0.717, 1.165) is 16.7 Å². The molecule has 224 valence electrons. The Morgan fingerprint density at radius 3 is 2.38 bits per heavy atom. The molecule has 4 bridgehead atoms. The van der Waals surface area contributed by atoms with E-state index in [0.29, 0.717) is 31.5 Å². The monoisotopic (exact) mass is 592 g/mol. The van der Waals surface area contributed by atoms with Gasteiger partial charge < -0.3 is 14.7 Å². The van der Waals surface area contributed by atoms with Gasteiger partial charge in [0.1, 0.15) is 6.61 Å². The van der Waals surface area contributed by atoms with Gasteiger partial charge in [0, 0.05) is 23.7 Å². The van der Waals surface area contributed by atoms with E-state index in [-0.39, 0.29) is 52.2 Å². The zero-order chi connectivity index (χ0) is 30.4. The molecule has 2 aliphatic rings. The van der Waals surface area contributed by atoms with Crippen LogP contribution in [0, 0.1) is 25.2 Å². The van der Waals surface area contributed by atoms with E-state index in [4.69, 9.17) is 4.74 Å². The molecule has 1 saturated carbocycles. The Kier molecular flexibility index (Phi) is 7.83. The van der Waals surface area contributed by atoms with Gasteiger partial charge in [0.25, 0.3) is 15.9 Å². The summed E-state index contributed by atoms with van der Waals surface area (Å²) >= 11 is 0. The lowest BCUT2D eigenvalue weighted by atomic mass is 9.71. The fraction of sp³-hybridized carbons (Fsp3) is 0.469. The molecule has 5 rings (SSSR count). The van der Waals surface area contributed by atoms with Gasteiger partial charge in [0.15, 0.2) is 0 Å². The number of fused-ring (bicyclic) bond motifs is 4. The summed E-state index contributed by atoms with van der Waals surface area (Å²) in [5.74, 6) is -0.0482. The number of hydrogen-bond acceptors (Lipinski definition) is 7. The van der Waals surface area contributed by atoms with E-state index in [1.54, 1.807) is 23.1 Å². The highest BCUT2D eigenvalue weighted by Gasteiger charge is 2.41. The summed E-state index contributed by atoms with van der Waals surface area (Å²) < 4.78 is 35.8. The average molecular weight is 593 g/mol. The van der Waals surface area contributed by atoms with Crippen molar-refractivity contribution in [3.8, 4) is 17.1 Å². The number of sulfonamides is 1. The van der Waals surface area contributed by atoms with Crippen molar-refractivity contribution in [3.63, 3.8) is 0 Å². The molecule has 1 aliphatic heterocycles. The zero-order valence-corrected chi connectivity index (χ0v) is 26.0. The normalized spacial score (nSPS) is 23.9. The lowest BCUT2D eigenvalue weighted by Gasteiger charge is -2.45. The zero-order valence-electron chi connectivity index (χ0n) is 25.1. The summed E-state index contributed by atoms with van der Waals surface area (Å²) in [6.07, 6.45) is 1.82. The van der Waals surface area contributed by atoms with Gasteiger partial charge in [0.2, 0.25) is 11.8 Å². The minimum absolute atomic E-state index is 0.0601. The molecule has 1 atom stereocenters. The van der Waals surface area contributed by atoms with Gasteiger partial charge in [-0.05, 0) is 80.7 Å². The van der Waals surface area contributed by atoms with Gasteiger partial charge in [-0.2, -0.15) is 4.98 Å². The van der Waals surface area contributed by atoms with E-state index in [2.05, 4.69) is 35.5 Å². The highest BCUT2D eigenvalue weighted by Crippen LogP contribution is 2.39. The molecule has 9 nitrogen and oxygen atoms in total. The summed E-state index contributed by atoms with van der Waals surface area (Å²) in [5.41, 5.74) is 2.76. The summed E-state index contributed by atoms with van der Waals surface area (Å²) in [7, 11) is -4.13. The third kappa shape index (κ3) is 6.60. The number of rotatable bonds is 4. The Labute approximate surface area is 248 Å². The van der Waals surface area contributed by atoms with E-state index < -0.39 is 15.6 Å². The summed E-state index contributed by atoms with van der Waals surface area (Å²) in [6.45, 7) is 12.7. The molecule has 0 saturated heterocycles. The molecule has 0 unspecified atom stereocenters. The predicted molar refractivity (Wildman–Crippen MR) is 162 cm³/mol. The molecule has 2 heterocycles. The first-order valence-electron chi connectivity index (χ1n) is 14.3. The Balaban J connectivity index is 1.64. The number of nitrogens with zero attached hydrogens (tertiary/aromatic N) is 3. The number of amides is 1. The van der Waals surface area contributed by atoms with Gasteiger partial charge in [-0.1, -0.05) is 45.0 Å². The molecule has 1 amide bonds. The van der Waals surface area contributed by atoms with Crippen LogP contribution in [0.4, 0.5) is 5.95 Å². The first-order valence-corrected chi connectivity index (χ1v) is 15.8. The van der Waals surface area contributed by atoms with Crippen molar-refractivity contribution >= 4 is 21.9 Å². The van der Waals surface area contributed by atoms with Crippen molar-refractivity contribution in [3.05, 3.63) is 65.2 Å². The molecule has 3 aromatic rings. The van der Waals surface area contributed by atoms with Crippen LogP contribution in [0.3, 0.4) is 0 Å². The molecular formula is C32H40N4O5S. The largest absolute Gasteiger partial charge is 0.475 e. The number of nitrogens with one attached hydrogen (secondary N) is 1. The molecule has 1 fully saturated rings. The van der Waals surface area contributed by atoms with Crippen molar-refractivity contribution in [2.24, 2.45) is 11.3 Å². The summed E-state index contributed by atoms with van der Waals surface area (Å²) in [4.78, 5) is 24.9. The lowest BCUT2D eigenvalue weighted by molar-refractivity contribution is -0.0683. The SMILES string of the molecule is Cc1cccc(C)c1-c1cc2nc(n1)NS(=O)(=O)c1cccc(c1)C(=O)N(CC1CC(C)(O)C1)[C@H](CC(C)(C)C)CO2. The van der Waals surface area contributed by atoms with Crippen molar-refractivity contribution in [2.75, 3.05) is 17.9 Å². The van der Waals surface area contributed by atoms with E-state index in [1.165, 1.54) is 12.1 Å². The molecule has 42 heavy (non-hydrogen) atoms. The standard InChI is InChI=1S/C32H40N4O5S/c1-20-9-7-10-21(2)28(20)26-14-27-34-30(33-26)35-42(39,40)25-12-8-11-23(13-25)29(37)36(18-22-15-32(6,38)16-22)24(19-41-27)17-31(3,4)5/h7-14,22,24,38H,15-19H2,1-6H3,(H,33,34,35)/t22?,24-,32?/m1/s1. The van der Waals surface area contributed by atoms with Crippen LogP contribution < -0.4 is 9.46 Å². The first kappa shape index (κ1) is 30.0. The third-order valence-electron chi connectivity index (χ3n) is 7.94. The number of carbonyl (C=O) groups excluding carboxylic acids is 1. The van der Waals surface area contributed by atoms with Crippen LogP contribution in [0.2, 0.25) is 0 Å². The molecule has 2 aromatic carbocycles. The van der Waals surface area contributed by atoms with Crippen LogP contribution in [0.5, 0.6) is 5.88 Å². The van der Waals surface area contributed by atoms with Gasteiger partial charge in [0.05, 0.1) is 22.2 Å². The maximum atomic E-state index is 14.1. The van der Waals surface area contributed by atoms with Gasteiger partial charge in [-0.3, -0.25) is 4.79 Å². The smallest absolute Gasteiger partial charge is 0.264 e. The Bertz CT molecular complexity index is 1590. The van der Waals surface area contributed by atoms with Crippen LogP contribution in [0.25, 0.3) is 11.3 Å². The topological polar surface area (TPSA) is 122 Å². The number of benzene rings is 2. The van der Waals surface area contributed by atoms with Crippen LogP contribution in [-0.2, 0) is 10.0 Å². The minimum atomic E-state index is -4.13. The van der Waals surface area contributed by atoms with Crippen molar-refractivity contribution in [1.82, 2.24) is 14.9 Å². The van der Waals surface area contributed by atoms with Crippen molar-refractivity contribution in [2.45, 2.75) is 77.3 Å². The van der Waals surface area contributed by atoms with Gasteiger partial charge >= 0.3 is 0 Å². The molecule has 0 radical (unpaired) electrons. The number of aryl methyl sites for hydroxylation is 2. The fourth-order valence-corrected chi connectivity index (χ4v) is 7.16. The maximum absolute atomic E-state index is 14.1. The molecule has 1 aromatic heterocycles. The van der Waals surface area contributed by atoms with E-state index in [9.17, 15) is 18.3 Å². The Hall–Kier alpha value is -3.50. The van der Waals surface area contributed by atoms with E-state index >= 15 is 0 Å². The Morgan fingerprint density at radius 2 is 1.74 bits per heavy atom. The maximum Gasteiger partial charge on any atom is 0.264 e. The summed E-state index contributed by atoms with van der Waals surface area (Å²) in [5, 5.41) is 10.4. The molecule has 2 N–H and O–H groups in total. The fourth-order valence-electron chi connectivity index (χ4n) is 6.17. The molecular weight excluding hydrogens is 552 g/mol. The van der Waals surface area contributed by atoms with E-state index in [1.807, 2.05) is 39.0 Å². The van der Waals surface area contributed by atoms with Gasteiger partial charge in [-0.15, -0.1) is 0 Å². The Morgan fingerprint density at radius 1 is 1.07 bits per heavy atom. The number of aromatic nitrogens is 2. The molecule has 10 heteroatoms. The molecule has 1 aliphatic carbocycles. The second-order valence-corrected chi connectivity index (χ2v) is 15.0. The highest BCUT2D eigenvalue weighted by atomic mass is 32.2. The van der Waals surface area contributed by atoms with Crippen LogP contribution in [0.1, 0.15) is 68.4 Å². The summed E-state index contributed by atoms with van der Waals surface area (Å²) in [6, 6.07) is 13.4. The average Bonchev–Trinajstić information content (AvgIpc) is 2.87. The van der Waals surface area contributed by atoms with Crippen molar-refractivity contribution < 1.29 is 23.1 Å². The quantitative estimate of drug-likeness (QED) is 0.418.